The fraction of sp³-hybridized carbons (Fsp3) is 0.857. The molecule has 110 valence electrons. The highest BCUT2D eigenvalue weighted by molar-refractivity contribution is 5.97. The van der Waals surface area contributed by atoms with Crippen LogP contribution in [-0.4, -0.2) is 48.6 Å². The second-order valence-electron chi connectivity index (χ2n) is 5.93. The third-order valence-electron chi connectivity index (χ3n) is 3.65. The molecule has 0 bridgehead atoms. The van der Waals surface area contributed by atoms with Gasteiger partial charge in [-0.2, -0.15) is 0 Å². The van der Waals surface area contributed by atoms with Gasteiger partial charge in [-0.15, -0.1) is 0 Å². The molecule has 5 nitrogen and oxygen atoms in total. The van der Waals surface area contributed by atoms with E-state index in [-0.39, 0.29) is 29.7 Å². The van der Waals surface area contributed by atoms with Gasteiger partial charge < -0.3 is 15.0 Å². The molecule has 1 aliphatic heterocycles. The number of hydrogen-bond donors (Lipinski definition) is 1. The predicted octanol–water partition coefficient (Wildman–Crippen LogP) is 1.03. The Labute approximate surface area is 115 Å². The second kappa shape index (κ2) is 6.37. The van der Waals surface area contributed by atoms with E-state index in [4.69, 9.17) is 4.74 Å². The Morgan fingerprint density at radius 3 is 2.26 bits per heavy atom. The van der Waals surface area contributed by atoms with Crippen LogP contribution in [0.4, 0.5) is 0 Å². The number of carbonyl (C=O) groups excluding carboxylic acids is 2. The molecule has 0 saturated carbocycles. The third-order valence-corrected chi connectivity index (χ3v) is 3.65. The second-order valence-corrected chi connectivity index (χ2v) is 5.93. The van der Waals surface area contributed by atoms with E-state index in [0.717, 1.165) is 0 Å². The number of amides is 2. The van der Waals surface area contributed by atoms with E-state index in [2.05, 4.69) is 5.32 Å². The molecule has 1 rings (SSSR count). The van der Waals surface area contributed by atoms with E-state index in [1.54, 1.807) is 18.9 Å². The maximum absolute atomic E-state index is 12.5. The van der Waals surface area contributed by atoms with Gasteiger partial charge in [0.15, 0.2) is 0 Å². The van der Waals surface area contributed by atoms with Crippen molar-refractivity contribution in [3.05, 3.63) is 0 Å². The number of nitrogens with one attached hydrogen (secondary N) is 1. The maximum atomic E-state index is 12.5. The summed E-state index contributed by atoms with van der Waals surface area (Å²) in [5.41, 5.74) is 0. The normalized spacial score (nSPS) is 26.0. The Morgan fingerprint density at radius 1 is 1.26 bits per heavy atom. The zero-order chi connectivity index (χ0) is 14.7. The van der Waals surface area contributed by atoms with Gasteiger partial charge in [0.25, 0.3) is 0 Å². The molecular formula is C14H26N2O3. The molecule has 1 saturated heterocycles. The van der Waals surface area contributed by atoms with E-state index >= 15 is 0 Å². The number of methoxy groups -OCH3 is 1. The molecule has 0 spiro atoms. The molecule has 0 radical (unpaired) electrons. The van der Waals surface area contributed by atoms with Crippen LogP contribution in [0.15, 0.2) is 0 Å². The summed E-state index contributed by atoms with van der Waals surface area (Å²) in [5, 5.41) is 2.76. The Balaban J connectivity index is 3.12. The van der Waals surface area contributed by atoms with Crippen molar-refractivity contribution in [3.63, 3.8) is 0 Å². The molecule has 1 N–H and O–H groups in total. The first-order valence-corrected chi connectivity index (χ1v) is 6.92. The predicted molar refractivity (Wildman–Crippen MR) is 73.6 cm³/mol. The van der Waals surface area contributed by atoms with Gasteiger partial charge in [-0.25, -0.2) is 0 Å². The van der Waals surface area contributed by atoms with E-state index in [1.165, 1.54) is 0 Å². The fourth-order valence-electron chi connectivity index (χ4n) is 2.61. The molecule has 3 atom stereocenters. The summed E-state index contributed by atoms with van der Waals surface area (Å²) in [6.07, 6.45) is 0. The van der Waals surface area contributed by atoms with Gasteiger partial charge >= 0.3 is 0 Å². The molecule has 5 heteroatoms. The van der Waals surface area contributed by atoms with Crippen molar-refractivity contribution in [1.29, 1.82) is 0 Å². The molecule has 1 aliphatic rings. The van der Waals surface area contributed by atoms with E-state index < -0.39 is 12.1 Å². The number of rotatable bonds is 5. The lowest BCUT2D eigenvalue weighted by molar-refractivity contribution is -0.156. The first-order valence-electron chi connectivity index (χ1n) is 6.92. The Hall–Kier alpha value is -1.10. The first kappa shape index (κ1) is 16.0. The summed E-state index contributed by atoms with van der Waals surface area (Å²) in [5.74, 6) is 0.232. The van der Waals surface area contributed by atoms with Gasteiger partial charge in [0.1, 0.15) is 12.1 Å². The molecular weight excluding hydrogens is 244 g/mol. The summed E-state index contributed by atoms with van der Waals surface area (Å²) in [6, 6.07) is -0.940. The average Bonchev–Trinajstić information content (AvgIpc) is 2.30. The topological polar surface area (TPSA) is 58.6 Å². The number of ether oxygens (including phenoxy) is 1. The highest BCUT2D eigenvalue weighted by Gasteiger charge is 2.44. The van der Waals surface area contributed by atoms with Gasteiger partial charge in [-0.3, -0.25) is 9.59 Å². The van der Waals surface area contributed by atoms with Crippen molar-refractivity contribution < 1.29 is 14.3 Å². The Bertz CT molecular complexity index is 342. The minimum Gasteiger partial charge on any atom is -0.383 e. The van der Waals surface area contributed by atoms with Crippen LogP contribution in [0.1, 0.15) is 34.6 Å². The lowest BCUT2D eigenvalue weighted by atomic mass is 9.92. The Kier molecular flexibility index (Phi) is 5.35. The Morgan fingerprint density at radius 2 is 1.84 bits per heavy atom. The van der Waals surface area contributed by atoms with Crippen LogP contribution < -0.4 is 5.32 Å². The standard InChI is InChI=1S/C14H26N2O3/c1-8(2)11(7-19-6)16-12(9(3)4)13(17)15-10(5)14(16)18/h8-12H,7H2,1-6H3,(H,15,17). The minimum atomic E-state index is -0.458. The molecule has 19 heavy (non-hydrogen) atoms. The van der Waals surface area contributed by atoms with Crippen LogP contribution in [0.5, 0.6) is 0 Å². The number of hydrogen-bond acceptors (Lipinski definition) is 3. The molecule has 1 fully saturated rings. The highest BCUT2D eigenvalue weighted by Crippen LogP contribution is 2.24. The van der Waals surface area contributed by atoms with E-state index in [0.29, 0.717) is 6.61 Å². The molecule has 2 amide bonds. The van der Waals surface area contributed by atoms with Crippen LogP contribution in [0.2, 0.25) is 0 Å². The molecule has 0 aromatic heterocycles. The maximum Gasteiger partial charge on any atom is 0.245 e. The quantitative estimate of drug-likeness (QED) is 0.811. The van der Waals surface area contributed by atoms with Crippen molar-refractivity contribution in [2.24, 2.45) is 11.8 Å². The molecule has 0 aliphatic carbocycles. The van der Waals surface area contributed by atoms with Crippen molar-refractivity contribution >= 4 is 11.8 Å². The average molecular weight is 270 g/mol. The molecule has 0 aromatic rings. The van der Waals surface area contributed by atoms with Crippen molar-refractivity contribution in [3.8, 4) is 0 Å². The van der Waals surface area contributed by atoms with Gasteiger partial charge in [-0.05, 0) is 18.8 Å². The summed E-state index contributed by atoms with van der Waals surface area (Å²) >= 11 is 0. The van der Waals surface area contributed by atoms with E-state index in [9.17, 15) is 9.59 Å². The zero-order valence-electron chi connectivity index (χ0n) is 12.8. The number of nitrogens with zero attached hydrogens (tertiary/aromatic N) is 1. The monoisotopic (exact) mass is 270 g/mol. The molecule has 3 unspecified atom stereocenters. The smallest absolute Gasteiger partial charge is 0.245 e. The van der Waals surface area contributed by atoms with Crippen LogP contribution in [0.25, 0.3) is 0 Å². The fourth-order valence-corrected chi connectivity index (χ4v) is 2.61. The van der Waals surface area contributed by atoms with Crippen LogP contribution in [0.3, 0.4) is 0 Å². The minimum absolute atomic E-state index is 0.0194. The van der Waals surface area contributed by atoms with Crippen molar-refractivity contribution in [2.75, 3.05) is 13.7 Å². The summed E-state index contributed by atoms with van der Waals surface area (Å²) in [7, 11) is 1.62. The van der Waals surface area contributed by atoms with Gasteiger partial charge in [0, 0.05) is 7.11 Å². The van der Waals surface area contributed by atoms with Gasteiger partial charge in [0.05, 0.1) is 12.6 Å². The van der Waals surface area contributed by atoms with Crippen molar-refractivity contribution in [2.45, 2.75) is 52.7 Å². The van der Waals surface area contributed by atoms with Crippen LogP contribution in [-0.2, 0) is 14.3 Å². The lowest BCUT2D eigenvalue weighted by Crippen LogP contribution is -2.67. The SMILES string of the molecule is COCC(C(C)C)N1C(=O)C(C)NC(=O)C1C(C)C. The van der Waals surface area contributed by atoms with Crippen molar-refractivity contribution in [1.82, 2.24) is 10.2 Å². The van der Waals surface area contributed by atoms with Gasteiger partial charge in [0.2, 0.25) is 11.8 Å². The molecule has 1 heterocycles. The largest absolute Gasteiger partial charge is 0.383 e. The number of carbonyl (C=O) groups is 2. The van der Waals surface area contributed by atoms with Crippen LogP contribution in [0, 0.1) is 11.8 Å². The summed E-state index contributed by atoms with van der Waals surface area (Å²) < 4.78 is 5.24. The van der Waals surface area contributed by atoms with Gasteiger partial charge in [-0.1, -0.05) is 27.7 Å². The lowest BCUT2D eigenvalue weighted by Gasteiger charge is -2.45. The molecule has 0 aromatic carbocycles. The first-order chi connectivity index (χ1) is 8.81. The zero-order valence-corrected chi connectivity index (χ0v) is 12.8. The summed E-state index contributed by atoms with van der Waals surface area (Å²) in [6.45, 7) is 10.2. The van der Waals surface area contributed by atoms with E-state index in [1.807, 2.05) is 27.7 Å². The van der Waals surface area contributed by atoms with Crippen LogP contribution >= 0.6 is 0 Å². The third kappa shape index (κ3) is 3.26. The summed E-state index contributed by atoms with van der Waals surface area (Å²) in [4.78, 5) is 26.4. The highest BCUT2D eigenvalue weighted by atomic mass is 16.5. The number of piperazine rings is 1.